The molecule has 2 aromatic rings. The van der Waals surface area contributed by atoms with Gasteiger partial charge in [-0.05, 0) is 23.8 Å². The summed E-state index contributed by atoms with van der Waals surface area (Å²) in [5.41, 5.74) is 2.80. The van der Waals surface area contributed by atoms with Gasteiger partial charge in [-0.3, -0.25) is 4.79 Å². The summed E-state index contributed by atoms with van der Waals surface area (Å²) in [7, 11) is 0. The summed E-state index contributed by atoms with van der Waals surface area (Å²) >= 11 is 3.50. The summed E-state index contributed by atoms with van der Waals surface area (Å²) < 4.78 is 12.0. The first-order valence-corrected chi connectivity index (χ1v) is 7.52. The van der Waals surface area contributed by atoms with Gasteiger partial charge in [-0.1, -0.05) is 22.9 Å². The Labute approximate surface area is 126 Å². The van der Waals surface area contributed by atoms with E-state index in [2.05, 4.69) is 22.0 Å². The maximum absolute atomic E-state index is 12.4. The third-order valence-electron chi connectivity index (χ3n) is 3.54. The van der Waals surface area contributed by atoms with Crippen molar-refractivity contribution in [1.82, 2.24) is 0 Å². The number of furan rings is 1. The molecule has 3 nitrogen and oxygen atoms in total. The van der Waals surface area contributed by atoms with Crippen molar-refractivity contribution >= 4 is 21.7 Å². The number of hydrogen-bond acceptors (Lipinski definition) is 3. The SMILES string of the molecule is CCc1occc1C(=O)Cc1cc(Br)cc2c1OCC2. The predicted octanol–water partition coefficient (Wildman–Crippen LogP) is 3.96. The van der Waals surface area contributed by atoms with E-state index in [0.717, 1.165) is 34.4 Å². The lowest BCUT2D eigenvalue weighted by atomic mass is 10.00. The third kappa shape index (κ3) is 2.40. The van der Waals surface area contributed by atoms with Crippen molar-refractivity contribution < 1.29 is 13.9 Å². The average molecular weight is 335 g/mol. The number of ether oxygens (including phenoxy) is 1. The molecule has 0 fully saturated rings. The maximum Gasteiger partial charge on any atom is 0.170 e. The topological polar surface area (TPSA) is 39.4 Å². The smallest absolute Gasteiger partial charge is 0.170 e. The lowest BCUT2D eigenvalue weighted by Crippen LogP contribution is -2.06. The first-order valence-electron chi connectivity index (χ1n) is 6.72. The number of halogens is 1. The molecule has 0 radical (unpaired) electrons. The summed E-state index contributed by atoms with van der Waals surface area (Å²) in [6.07, 6.45) is 3.55. The molecule has 1 aromatic heterocycles. The first kappa shape index (κ1) is 13.4. The van der Waals surface area contributed by atoms with E-state index >= 15 is 0 Å². The van der Waals surface area contributed by atoms with Crippen LogP contribution in [0.15, 0.2) is 33.4 Å². The fourth-order valence-corrected chi connectivity index (χ4v) is 3.16. The van der Waals surface area contributed by atoms with Crippen molar-refractivity contribution in [2.45, 2.75) is 26.2 Å². The second-order valence-electron chi connectivity index (χ2n) is 4.86. The van der Waals surface area contributed by atoms with Gasteiger partial charge in [0.25, 0.3) is 0 Å². The molecule has 4 heteroatoms. The van der Waals surface area contributed by atoms with E-state index in [1.165, 1.54) is 5.56 Å². The molecule has 0 spiro atoms. The number of carbonyl (C=O) groups excluding carboxylic acids is 1. The van der Waals surface area contributed by atoms with Crippen molar-refractivity contribution in [1.29, 1.82) is 0 Å². The molecule has 104 valence electrons. The molecule has 0 N–H and O–H groups in total. The van der Waals surface area contributed by atoms with E-state index in [0.29, 0.717) is 18.6 Å². The van der Waals surface area contributed by atoms with Crippen LogP contribution in [0.4, 0.5) is 0 Å². The molecule has 0 saturated carbocycles. The Morgan fingerprint density at radius 3 is 3.05 bits per heavy atom. The van der Waals surface area contributed by atoms with Crippen LogP contribution in [0.5, 0.6) is 5.75 Å². The molecule has 2 heterocycles. The van der Waals surface area contributed by atoms with Crippen LogP contribution in [-0.4, -0.2) is 12.4 Å². The molecule has 1 aromatic carbocycles. The van der Waals surface area contributed by atoms with Gasteiger partial charge >= 0.3 is 0 Å². The Kier molecular flexibility index (Phi) is 3.66. The van der Waals surface area contributed by atoms with E-state index in [-0.39, 0.29) is 5.78 Å². The molecule has 0 aliphatic carbocycles. The minimum absolute atomic E-state index is 0.0754. The average Bonchev–Trinajstić information content (AvgIpc) is 3.06. The number of ketones is 1. The zero-order chi connectivity index (χ0) is 14.1. The Balaban J connectivity index is 1.90. The zero-order valence-electron chi connectivity index (χ0n) is 11.2. The van der Waals surface area contributed by atoms with Crippen LogP contribution in [0.1, 0.15) is 34.2 Å². The van der Waals surface area contributed by atoms with Gasteiger partial charge < -0.3 is 9.15 Å². The van der Waals surface area contributed by atoms with Crippen LogP contribution in [0.25, 0.3) is 0 Å². The van der Waals surface area contributed by atoms with E-state index in [1.54, 1.807) is 12.3 Å². The molecule has 3 rings (SSSR count). The van der Waals surface area contributed by atoms with E-state index in [1.807, 2.05) is 13.0 Å². The number of aryl methyl sites for hydroxylation is 1. The van der Waals surface area contributed by atoms with Gasteiger partial charge in [0.1, 0.15) is 11.5 Å². The van der Waals surface area contributed by atoms with Gasteiger partial charge in [0, 0.05) is 29.3 Å². The van der Waals surface area contributed by atoms with Crippen LogP contribution in [0.2, 0.25) is 0 Å². The van der Waals surface area contributed by atoms with E-state index in [9.17, 15) is 4.79 Å². The van der Waals surface area contributed by atoms with Crippen molar-refractivity contribution in [3.8, 4) is 5.75 Å². The van der Waals surface area contributed by atoms with Gasteiger partial charge in [-0.15, -0.1) is 0 Å². The summed E-state index contributed by atoms with van der Waals surface area (Å²) in [6.45, 7) is 2.68. The monoisotopic (exact) mass is 334 g/mol. The molecule has 0 bridgehead atoms. The van der Waals surface area contributed by atoms with E-state index in [4.69, 9.17) is 9.15 Å². The molecular formula is C16H15BrO3. The number of benzene rings is 1. The molecule has 0 unspecified atom stereocenters. The van der Waals surface area contributed by atoms with Crippen molar-refractivity contribution in [2.75, 3.05) is 6.61 Å². The minimum Gasteiger partial charge on any atom is -0.493 e. The summed E-state index contributed by atoms with van der Waals surface area (Å²) in [6, 6.07) is 5.78. The van der Waals surface area contributed by atoms with Gasteiger partial charge in [-0.2, -0.15) is 0 Å². The standard InChI is InChI=1S/C16H15BrO3/c1-2-15-13(4-6-19-15)14(18)9-11-8-12(17)7-10-3-5-20-16(10)11/h4,6-8H,2-3,5,9H2,1H3. The number of rotatable bonds is 4. The van der Waals surface area contributed by atoms with Crippen molar-refractivity contribution in [3.63, 3.8) is 0 Å². The Bertz CT molecular complexity index is 658. The Morgan fingerprint density at radius 1 is 1.40 bits per heavy atom. The van der Waals surface area contributed by atoms with Gasteiger partial charge in [0.2, 0.25) is 0 Å². The minimum atomic E-state index is 0.0754. The highest BCUT2D eigenvalue weighted by molar-refractivity contribution is 9.10. The summed E-state index contributed by atoms with van der Waals surface area (Å²) in [5, 5.41) is 0. The van der Waals surface area contributed by atoms with Crippen LogP contribution in [-0.2, 0) is 19.3 Å². The molecule has 0 saturated heterocycles. The first-order chi connectivity index (χ1) is 9.69. The third-order valence-corrected chi connectivity index (χ3v) is 4.00. The molecule has 1 aliphatic rings. The highest BCUT2D eigenvalue weighted by Gasteiger charge is 2.21. The number of fused-ring (bicyclic) bond motifs is 1. The fourth-order valence-electron chi connectivity index (χ4n) is 2.61. The van der Waals surface area contributed by atoms with Crippen LogP contribution in [0, 0.1) is 0 Å². The lowest BCUT2D eigenvalue weighted by molar-refractivity contribution is 0.0990. The normalized spacial score (nSPS) is 13.1. The quantitative estimate of drug-likeness (QED) is 0.794. The highest BCUT2D eigenvalue weighted by Crippen LogP contribution is 2.33. The van der Waals surface area contributed by atoms with Crippen LogP contribution >= 0.6 is 15.9 Å². The van der Waals surface area contributed by atoms with E-state index < -0.39 is 0 Å². The Morgan fingerprint density at radius 2 is 2.25 bits per heavy atom. The second-order valence-corrected chi connectivity index (χ2v) is 5.78. The molecule has 20 heavy (non-hydrogen) atoms. The van der Waals surface area contributed by atoms with Crippen molar-refractivity contribution in [2.24, 2.45) is 0 Å². The molecular weight excluding hydrogens is 320 g/mol. The molecule has 0 amide bonds. The lowest BCUT2D eigenvalue weighted by Gasteiger charge is -2.08. The fraction of sp³-hybridized carbons (Fsp3) is 0.312. The van der Waals surface area contributed by atoms with Gasteiger partial charge in [-0.25, -0.2) is 0 Å². The molecule has 1 aliphatic heterocycles. The summed E-state index contributed by atoms with van der Waals surface area (Å²) in [4.78, 5) is 12.4. The predicted molar refractivity (Wildman–Crippen MR) is 79.5 cm³/mol. The molecule has 0 atom stereocenters. The number of carbonyl (C=O) groups is 1. The van der Waals surface area contributed by atoms with Gasteiger partial charge in [0.05, 0.1) is 18.4 Å². The van der Waals surface area contributed by atoms with Crippen molar-refractivity contribution in [3.05, 3.63) is 51.4 Å². The van der Waals surface area contributed by atoms with Crippen LogP contribution in [0.3, 0.4) is 0 Å². The van der Waals surface area contributed by atoms with Gasteiger partial charge in [0.15, 0.2) is 5.78 Å². The Hall–Kier alpha value is -1.55. The van der Waals surface area contributed by atoms with Crippen LogP contribution < -0.4 is 4.74 Å². The largest absolute Gasteiger partial charge is 0.493 e. The summed E-state index contributed by atoms with van der Waals surface area (Å²) in [5.74, 6) is 1.71. The number of hydrogen-bond donors (Lipinski definition) is 0. The number of Topliss-reactive ketones (excluding diaryl/α,β-unsaturated/α-hetero) is 1. The second kappa shape index (κ2) is 5.44. The zero-order valence-corrected chi connectivity index (χ0v) is 12.8. The maximum atomic E-state index is 12.4. The highest BCUT2D eigenvalue weighted by atomic mass is 79.9.